The number of rotatable bonds is 7. The van der Waals surface area contributed by atoms with E-state index in [-0.39, 0.29) is 23.7 Å². The maximum Gasteiger partial charge on any atom is 0.308 e. The Hall–Kier alpha value is -4.26. The summed E-state index contributed by atoms with van der Waals surface area (Å²) in [5.74, 6) is -2.00. The minimum absolute atomic E-state index is 0.170. The summed E-state index contributed by atoms with van der Waals surface area (Å²) in [6.07, 6.45) is 1.21. The average molecular weight is 413 g/mol. The van der Waals surface area contributed by atoms with Gasteiger partial charge in [0.1, 0.15) is 17.5 Å². The Labute approximate surface area is 170 Å². The third-order valence-electron chi connectivity index (χ3n) is 3.61. The van der Waals surface area contributed by atoms with Crippen LogP contribution in [0.25, 0.3) is 6.08 Å². The summed E-state index contributed by atoms with van der Waals surface area (Å²) in [4.78, 5) is 33.6. The molecule has 0 spiro atoms. The lowest BCUT2D eigenvalue weighted by Crippen LogP contribution is -2.14. The maximum atomic E-state index is 13.9. The molecule has 0 saturated heterocycles. The van der Waals surface area contributed by atoms with E-state index in [0.717, 1.165) is 18.2 Å². The zero-order valence-corrected chi connectivity index (χ0v) is 16.0. The Balaban J connectivity index is 2.33. The number of non-ortho nitro benzene ring substituents is 1. The van der Waals surface area contributed by atoms with Crippen LogP contribution in [0.1, 0.15) is 19.4 Å². The molecule has 2 aromatic carbocycles. The highest BCUT2D eigenvalue weighted by Gasteiger charge is 2.16. The van der Waals surface area contributed by atoms with Gasteiger partial charge in [0.15, 0.2) is 11.5 Å². The summed E-state index contributed by atoms with van der Waals surface area (Å²) in [5, 5.41) is 22.3. The number of ether oxygens (including phenoxy) is 2. The number of esters is 1. The summed E-state index contributed by atoms with van der Waals surface area (Å²) in [5.41, 5.74) is -0.865. The van der Waals surface area contributed by atoms with Crippen LogP contribution < -0.4 is 14.8 Å². The van der Waals surface area contributed by atoms with Crippen LogP contribution in [0, 0.1) is 27.3 Å². The second-order valence-corrected chi connectivity index (χ2v) is 5.78. The fraction of sp³-hybridized carbons (Fsp3) is 0.150. The van der Waals surface area contributed by atoms with Gasteiger partial charge in [-0.25, -0.2) is 4.39 Å². The predicted octanol–water partition coefficient (Wildman–Crippen LogP) is 3.60. The van der Waals surface area contributed by atoms with E-state index in [2.05, 4.69) is 5.32 Å². The number of nitrogens with zero attached hydrogens (tertiary/aromatic N) is 2. The summed E-state index contributed by atoms with van der Waals surface area (Å²) in [7, 11) is 0. The fourth-order valence-corrected chi connectivity index (χ4v) is 2.35. The van der Waals surface area contributed by atoms with Gasteiger partial charge in [-0.2, -0.15) is 5.26 Å². The number of nitrogens with one attached hydrogen (secondary N) is 1. The van der Waals surface area contributed by atoms with Crippen LogP contribution in [-0.4, -0.2) is 23.4 Å². The molecule has 1 amide bonds. The molecule has 0 aliphatic heterocycles. The van der Waals surface area contributed by atoms with Crippen molar-refractivity contribution in [2.75, 3.05) is 11.9 Å². The number of anilines is 1. The maximum absolute atomic E-state index is 13.9. The molecule has 9 nitrogen and oxygen atoms in total. The zero-order chi connectivity index (χ0) is 22.3. The van der Waals surface area contributed by atoms with Crippen LogP contribution in [0.3, 0.4) is 0 Å². The van der Waals surface area contributed by atoms with Crippen LogP contribution >= 0.6 is 0 Å². The van der Waals surface area contributed by atoms with E-state index in [9.17, 15) is 29.4 Å². The largest absolute Gasteiger partial charge is 0.490 e. The number of carbonyl (C=O) groups excluding carboxylic acids is 2. The van der Waals surface area contributed by atoms with Gasteiger partial charge < -0.3 is 14.8 Å². The van der Waals surface area contributed by atoms with Gasteiger partial charge in [0.25, 0.3) is 11.6 Å². The first-order valence-corrected chi connectivity index (χ1v) is 8.57. The molecule has 0 radical (unpaired) electrons. The average Bonchev–Trinajstić information content (AvgIpc) is 2.69. The lowest BCUT2D eigenvalue weighted by Gasteiger charge is -2.10. The number of nitriles is 1. The summed E-state index contributed by atoms with van der Waals surface area (Å²) >= 11 is 0. The zero-order valence-electron chi connectivity index (χ0n) is 16.0. The SMILES string of the molecule is CCOc1cc(/C=C(\C#N)C(=O)Nc2cc([N+](=O)[O-])ccc2F)ccc1OC(C)=O. The number of carbonyl (C=O) groups is 2. The van der Waals surface area contributed by atoms with E-state index >= 15 is 0 Å². The number of hydrogen-bond acceptors (Lipinski definition) is 7. The highest BCUT2D eigenvalue weighted by atomic mass is 19.1. The van der Waals surface area contributed by atoms with Gasteiger partial charge in [-0.1, -0.05) is 6.07 Å². The highest BCUT2D eigenvalue weighted by molar-refractivity contribution is 6.09. The van der Waals surface area contributed by atoms with Gasteiger partial charge in [-0.05, 0) is 36.8 Å². The molecule has 0 aromatic heterocycles. The smallest absolute Gasteiger partial charge is 0.308 e. The summed E-state index contributed by atoms with van der Waals surface area (Å²) in [6, 6.07) is 8.71. The van der Waals surface area contributed by atoms with Crippen molar-refractivity contribution in [3.63, 3.8) is 0 Å². The number of nitro groups is 1. The van der Waals surface area contributed by atoms with Crippen LogP contribution in [0.5, 0.6) is 11.5 Å². The van der Waals surface area contributed by atoms with E-state index < -0.39 is 34.0 Å². The van der Waals surface area contributed by atoms with E-state index in [1.165, 1.54) is 31.2 Å². The van der Waals surface area contributed by atoms with Crippen molar-refractivity contribution < 1.29 is 28.4 Å². The minimum atomic E-state index is -0.959. The van der Waals surface area contributed by atoms with Crippen molar-refractivity contribution in [2.24, 2.45) is 0 Å². The monoisotopic (exact) mass is 413 g/mol. The Morgan fingerprint density at radius 1 is 1.27 bits per heavy atom. The van der Waals surface area contributed by atoms with Gasteiger partial charge in [-0.3, -0.25) is 19.7 Å². The molecular weight excluding hydrogens is 397 g/mol. The van der Waals surface area contributed by atoms with Crippen molar-refractivity contribution in [1.82, 2.24) is 0 Å². The summed E-state index contributed by atoms with van der Waals surface area (Å²) in [6.45, 7) is 3.23. The molecule has 0 bridgehead atoms. The molecule has 2 rings (SSSR count). The lowest BCUT2D eigenvalue weighted by molar-refractivity contribution is -0.384. The molecule has 0 aliphatic carbocycles. The van der Waals surface area contributed by atoms with E-state index in [1.807, 2.05) is 0 Å². The van der Waals surface area contributed by atoms with Gasteiger partial charge >= 0.3 is 5.97 Å². The van der Waals surface area contributed by atoms with Crippen LogP contribution in [0.4, 0.5) is 15.8 Å². The van der Waals surface area contributed by atoms with Crippen LogP contribution in [-0.2, 0) is 9.59 Å². The van der Waals surface area contributed by atoms with Crippen molar-refractivity contribution in [1.29, 1.82) is 5.26 Å². The summed E-state index contributed by atoms with van der Waals surface area (Å²) < 4.78 is 24.3. The fourth-order valence-electron chi connectivity index (χ4n) is 2.35. The topological polar surface area (TPSA) is 132 Å². The number of halogens is 1. The van der Waals surface area contributed by atoms with Gasteiger partial charge in [0, 0.05) is 19.1 Å². The van der Waals surface area contributed by atoms with Gasteiger partial charge in [-0.15, -0.1) is 0 Å². The first-order chi connectivity index (χ1) is 14.2. The lowest BCUT2D eigenvalue weighted by atomic mass is 10.1. The van der Waals surface area contributed by atoms with Crippen molar-refractivity contribution in [2.45, 2.75) is 13.8 Å². The molecule has 0 unspecified atom stereocenters. The van der Waals surface area contributed by atoms with Crippen molar-refractivity contribution >= 4 is 29.3 Å². The van der Waals surface area contributed by atoms with Crippen LogP contribution in [0.15, 0.2) is 42.0 Å². The predicted molar refractivity (Wildman–Crippen MR) is 104 cm³/mol. The molecule has 0 saturated carbocycles. The molecule has 1 N–H and O–H groups in total. The Kier molecular flexibility index (Phi) is 7.19. The first-order valence-electron chi connectivity index (χ1n) is 8.57. The number of nitro benzene ring substituents is 1. The third kappa shape index (κ3) is 5.62. The Morgan fingerprint density at radius 3 is 2.60 bits per heavy atom. The quantitative estimate of drug-likeness (QED) is 0.183. The normalized spacial score (nSPS) is 10.7. The molecule has 30 heavy (non-hydrogen) atoms. The molecule has 10 heteroatoms. The van der Waals surface area contributed by atoms with Gasteiger partial charge in [0.2, 0.25) is 0 Å². The Morgan fingerprint density at radius 2 is 2.00 bits per heavy atom. The molecule has 2 aromatic rings. The molecular formula is C20H16FN3O6. The molecule has 0 fully saturated rings. The van der Waals surface area contributed by atoms with Crippen molar-refractivity contribution in [3.05, 3.63) is 63.5 Å². The Bertz CT molecular complexity index is 1070. The first kappa shape index (κ1) is 22.0. The number of benzene rings is 2. The number of hydrogen-bond donors (Lipinski definition) is 1. The molecule has 0 aliphatic rings. The van der Waals surface area contributed by atoms with Crippen LogP contribution in [0.2, 0.25) is 0 Å². The van der Waals surface area contributed by atoms with E-state index in [0.29, 0.717) is 5.56 Å². The minimum Gasteiger partial charge on any atom is -0.490 e. The van der Waals surface area contributed by atoms with E-state index in [4.69, 9.17) is 9.47 Å². The van der Waals surface area contributed by atoms with Crippen molar-refractivity contribution in [3.8, 4) is 17.6 Å². The second-order valence-electron chi connectivity index (χ2n) is 5.78. The van der Waals surface area contributed by atoms with E-state index in [1.54, 1.807) is 13.0 Å². The molecule has 0 heterocycles. The molecule has 154 valence electrons. The number of amides is 1. The third-order valence-corrected chi connectivity index (χ3v) is 3.61. The highest BCUT2D eigenvalue weighted by Crippen LogP contribution is 2.30. The standard InChI is InChI=1S/C20H16FN3O6/c1-3-29-19-9-13(4-7-18(19)30-12(2)25)8-14(11-22)20(26)23-17-10-15(24(27)28)5-6-16(17)21/h4-10H,3H2,1-2H3,(H,23,26)/b14-8+. The van der Waals surface area contributed by atoms with Gasteiger partial charge in [0.05, 0.1) is 17.2 Å². The second kappa shape index (κ2) is 9.79. The molecule has 0 atom stereocenters.